The van der Waals surface area contributed by atoms with Crippen LogP contribution in [0.5, 0.6) is 0 Å². The number of hydrogen-bond donors (Lipinski definition) is 0. The molecule has 1 saturated carbocycles. The topological polar surface area (TPSA) is 40.6 Å². The van der Waals surface area contributed by atoms with Crippen molar-refractivity contribution in [3.8, 4) is 0 Å². The quantitative estimate of drug-likeness (QED) is 0.746. The highest BCUT2D eigenvalue weighted by Gasteiger charge is 2.57. The van der Waals surface area contributed by atoms with E-state index >= 15 is 0 Å². The first kappa shape index (κ1) is 15.1. The Kier molecular flexibility index (Phi) is 3.72. The van der Waals surface area contributed by atoms with E-state index in [0.29, 0.717) is 18.5 Å². The summed E-state index contributed by atoms with van der Waals surface area (Å²) in [6.07, 6.45) is 4.22. The van der Waals surface area contributed by atoms with E-state index in [2.05, 4.69) is 0 Å². The van der Waals surface area contributed by atoms with Gasteiger partial charge < -0.3 is 4.90 Å². The highest BCUT2D eigenvalue weighted by molar-refractivity contribution is 7.80. The molecule has 22 heavy (non-hydrogen) atoms. The maximum Gasteiger partial charge on any atom is 0.261 e. The zero-order chi connectivity index (χ0) is 15.9. The first-order chi connectivity index (χ1) is 10.5. The largest absolute Gasteiger partial charge is 0.303 e. The van der Waals surface area contributed by atoms with Gasteiger partial charge in [0.1, 0.15) is 11.4 Å². The zero-order valence-electron chi connectivity index (χ0n) is 12.3. The first-order valence-corrected chi connectivity index (χ1v) is 7.83. The highest BCUT2D eigenvalue weighted by Crippen LogP contribution is 2.43. The fourth-order valence-electron chi connectivity index (χ4n) is 3.47. The van der Waals surface area contributed by atoms with Crippen molar-refractivity contribution in [2.24, 2.45) is 0 Å². The van der Waals surface area contributed by atoms with Crippen molar-refractivity contribution in [3.63, 3.8) is 0 Å². The van der Waals surface area contributed by atoms with E-state index in [1.165, 1.54) is 19.1 Å². The summed E-state index contributed by atoms with van der Waals surface area (Å²) >= 11 is 5.40. The molecular weight excluding hydrogens is 303 g/mol. The van der Waals surface area contributed by atoms with Gasteiger partial charge >= 0.3 is 0 Å². The van der Waals surface area contributed by atoms with Crippen molar-refractivity contribution in [1.29, 1.82) is 0 Å². The normalized spacial score (nSPS) is 20.8. The predicted molar refractivity (Wildman–Crippen MR) is 84.8 cm³/mol. The summed E-state index contributed by atoms with van der Waals surface area (Å²) in [4.78, 5) is 27.6. The molecule has 2 aliphatic rings. The molecule has 116 valence electrons. The fraction of sp³-hybridized carbons (Fsp3) is 0.438. The van der Waals surface area contributed by atoms with Crippen LogP contribution in [0, 0.1) is 5.82 Å². The maximum absolute atomic E-state index is 13.2. The molecule has 0 atom stereocenters. The SMILES string of the molecule is CC(=O)N1C(=O)C2(CCCCC2)N(c2ccc(F)cc2)C1=S. The molecule has 1 spiro atoms. The number of benzene rings is 1. The van der Waals surface area contributed by atoms with Crippen LogP contribution >= 0.6 is 12.2 Å². The molecule has 4 nitrogen and oxygen atoms in total. The van der Waals surface area contributed by atoms with Crippen molar-refractivity contribution in [1.82, 2.24) is 4.90 Å². The van der Waals surface area contributed by atoms with Crippen molar-refractivity contribution < 1.29 is 14.0 Å². The monoisotopic (exact) mass is 320 g/mol. The average Bonchev–Trinajstić information content (AvgIpc) is 2.69. The van der Waals surface area contributed by atoms with Crippen molar-refractivity contribution in [2.75, 3.05) is 4.90 Å². The molecule has 0 bridgehead atoms. The van der Waals surface area contributed by atoms with Crippen LogP contribution in [-0.2, 0) is 9.59 Å². The number of anilines is 1. The van der Waals surface area contributed by atoms with Crippen LogP contribution in [0.15, 0.2) is 24.3 Å². The Morgan fingerprint density at radius 3 is 2.32 bits per heavy atom. The summed E-state index contributed by atoms with van der Waals surface area (Å²) in [5, 5.41) is 0.200. The smallest absolute Gasteiger partial charge is 0.261 e. The molecule has 2 fully saturated rings. The second-order valence-electron chi connectivity index (χ2n) is 5.85. The molecule has 0 N–H and O–H groups in total. The number of halogens is 1. The molecule has 1 aromatic rings. The molecule has 1 saturated heterocycles. The maximum atomic E-state index is 13.2. The van der Waals surface area contributed by atoms with E-state index in [-0.39, 0.29) is 22.7 Å². The first-order valence-electron chi connectivity index (χ1n) is 7.42. The van der Waals surface area contributed by atoms with Crippen LogP contribution in [-0.4, -0.2) is 27.4 Å². The molecule has 1 heterocycles. The van der Waals surface area contributed by atoms with Gasteiger partial charge in [0.25, 0.3) is 5.91 Å². The van der Waals surface area contributed by atoms with E-state index in [9.17, 15) is 14.0 Å². The second-order valence-corrected chi connectivity index (χ2v) is 6.21. The Morgan fingerprint density at radius 2 is 1.77 bits per heavy atom. The van der Waals surface area contributed by atoms with E-state index in [1.807, 2.05) is 0 Å². The molecule has 0 aromatic heterocycles. The molecule has 2 amide bonds. The van der Waals surface area contributed by atoms with Gasteiger partial charge in [-0.15, -0.1) is 0 Å². The number of hydrogen-bond acceptors (Lipinski definition) is 3. The standard InChI is InChI=1S/C16H17FN2O2S/c1-11(20)18-14(21)16(9-3-2-4-10-16)19(15(18)22)13-7-5-12(17)6-8-13/h5-8H,2-4,9-10H2,1H3. The number of rotatable bonds is 1. The fourth-order valence-corrected chi connectivity index (χ4v) is 3.96. The minimum absolute atomic E-state index is 0.200. The zero-order valence-corrected chi connectivity index (χ0v) is 13.2. The van der Waals surface area contributed by atoms with Crippen LogP contribution in [0.3, 0.4) is 0 Å². The summed E-state index contributed by atoms with van der Waals surface area (Å²) < 4.78 is 13.2. The molecule has 3 rings (SSSR count). The minimum atomic E-state index is -0.793. The van der Waals surface area contributed by atoms with Crippen LogP contribution in [0.1, 0.15) is 39.0 Å². The lowest BCUT2D eigenvalue weighted by atomic mass is 9.80. The van der Waals surface area contributed by atoms with Gasteiger partial charge in [-0.1, -0.05) is 19.3 Å². The van der Waals surface area contributed by atoms with Crippen molar-refractivity contribution in [2.45, 2.75) is 44.6 Å². The van der Waals surface area contributed by atoms with Gasteiger partial charge in [-0.05, 0) is 49.3 Å². The van der Waals surface area contributed by atoms with Crippen LogP contribution in [0.2, 0.25) is 0 Å². The summed E-state index contributed by atoms with van der Waals surface area (Å²) in [5.74, 6) is -0.958. The number of amides is 2. The van der Waals surface area contributed by atoms with Gasteiger partial charge in [0.15, 0.2) is 5.11 Å². The van der Waals surface area contributed by atoms with Gasteiger partial charge in [-0.2, -0.15) is 0 Å². The molecule has 1 aliphatic carbocycles. The summed E-state index contributed by atoms with van der Waals surface area (Å²) in [5.41, 5.74) is -0.135. The van der Waals surface area contributed by atoms with E-state index < -0.39 is 5.54 Å². The Balaban J connectivity index is 2.11. The Hall–Kier alpha value is -1.82. The molecular formula is C16H17FN2O2S. The van der Waals surface area contributed by atoms with Gasteiger partial charge in [-0.3, -0.25) is 9.59 Å². The Bertz CT molecular complexity index is 638. The number of imide groups is 1. The summed E-state index contributed by atoms with van der Waals surface area (Å²) in [6.45, 7) is 1.34. The van der Waals surface area contributed by atoms with Crippen LogP contribution < -0.4 is 4.90 Å². The number of carbonyl (C=O) groups is 2. The molecule has 1 aromatic carbocycles. The minimum Gasteiger partial charge on any atom is -0.303 e. The van der Waals surface area contributed by atoms with E-state index in [4.69, 9.17) is 12.2 Å². The number of thiocarbonyl (C=S) groups is 1. The summed E-state index contributed by atoms with van der Waals surface area (Å²) in [7, 11) is 0. The van der Waals surface area contributed by atoms with Crippen molar-refractivity contribution in [3.05, 3.63) is 30.1 Å². The lowest BCUT2D eigenvalue weighted by Crippen LogP contribution is -2.51. The van der Waals surface area contributed by atoms with E-state index in [1.54, 1.807) is 17.0 Å². The average molecular weight is 320 g/mol. The highest BCUT2D eigenvalue weighted by atomic mass is 32.1. The van der Waals surface area contributed by atoms with Gasteiger partial charge in [0, 0.05) is 12.6 Å². The molecule has 6 heteroatoms. The number of carbonyl (C=O) groups excluding carboxylic acids is 2. The van der Waals surface area contributed by atoms with Crippen molar-refractivity contribution >= 4 is 34.8 Å². The van der Waals surface area contributed by atoms with Crippen LogP contribution in [0.4, 0.5) is 10.1 Å². The predicted octanol–water partition coefficient (Wildman–Crippen LogP) is 3.01. The van der Waals surface area contributed by atoms with Gasteiger partial charge in [-0.25, -0.2) is 9.29 Å². The Labute approximate surface area is 133 Å². The molecule has 0 radical (unpaired) electrons. The van der Waals surface area contributed by atoms with Gasteiger partial charge in [0.2, 0.25) is 5.91 Å². The Morgan fingerprint density at radius 1 is 1.18 bits per heavy atom. The third-order valence-corrected chi connectivity index (χ3v) is 4.86. The number of nitrogens with zero attached hydrogens (tertiary/aromatic N) is 2. The van der Waals surface area contributed by atoms with Crippen LogP contribution in [0.25, 0.3) is 0 Å². The lowest BCUT2D eigenvalue weighted by Gasteiger charge is -2.39. The second kappa shape index (κ2) is 5.43. The summed E-state index contributed by atoms with van der Waals surface area (Å²) in [6, 6.07) is 5.90. The van der Waals surface area contributed by atoms with Gasteiger partial charge in [0.05, 0.1) is 0 Å². The molecule has 0 unspecified atom stereocenters. The van der Waals surface area contributed by atoms with E-state index in [0.717, 1.165) is 24.2 Å². The molecule has 1 aliphatic heterocycles. The third-order valence-electron chi connectivity index (χ3n) is 4.49. The third kappa shape index (κ3) is 2.13. The lowest BCUT2D eigenvalue weighted by molar-refractivity contribution is -0.140.